The number of ether oxygens (including phenoxy) is 1. The maximum absolute atomic E-state index is 13.2. The maximum Gasteiger partial charge on any atom is 0.289 e. The minimum atomic E-state index is -0.604. The highest BCUT2D eigenvalue weighted by molar-refractivity contribution is 6.02. The van der Waals surface area contributed by atoms with Crippen LogP contribution in [-0.4, -0.2) is 47.7 Å². The molecule has 0 saturated carbocycles. The van der Waals surface area contributed by atoms with Crippen molar-refractivity contribution in [1.29, 1.82) is 0 Å². The van der Waals surface area contributed by atoms with E-state index in [1.165, 1.54) is 0 Å². The molecule has 2 amide bonds. The Morgan fingerprint density at radius 1 is 1.03 bits per heavy atom. The Morgan fingerprint density at radius 3 is 2.59 bits per heavy atom. The third-order valence-electron chi connectivity index (χ3n) is 7.15. The first-order valence-electron chi connectivity index (χ1n) is 11.1. The summed E-state index contributed by atoms with van der Waals surface area (Å²) in [6, 6.07) is 15.3. The number of likely N-dealkylation sites (tertiary alicyclic amines) is 1. The van der Waals surface area contributed by atoms with Gasteiger partial charge >= 0.3 is 0 Å². The lowest BCUT2D eigenvalue weighted by Crippen LogP contribution is -2.59. The Labute approximate surface area is 185 Å². The molecule has 2 aromatic carbocycles. The van der Waals surface area contributed by atoms with Gasteiger partial charge < -0.3 is 24.7 Å². The van der Waals surface area contributed by atoms with Gasteiger partial charge in [-0.05, 0) is 38.0 Å². The van der Waals surface area contributed by atoms with E-state index in [4.69, 9.17) is 9.15 Å². The standard InChI is InChI=1S/C25H25N3O4/c1-16-17-6-3-5-9-20(17)32-21(16)23(30)28-12-10-24(11-13-28)14-25(15-31-24)26-19-8-4-2-7-18(19)22(29)27-25/h2-9,26H,10-15H2,1H3,(H,27,29)/t25-/m0/s1. The Kier molecular flexibility index (Phi) is 4.14. The molecule has 0 bridgehead atoms. The predicted octanol–water partition coefficient (Wildman–Crippen LogP) is 3.69. The smallest absolute Gasteiger partial charge is 0.289 e. The summed E-state index contributed by atoms with van der Waals surface area (Å²) in [5.74, 6) is 0.274. The van der Waals surface area contributed by atoms with Gasteiger partial charge in [0.05, 0.1) is 17.8 Å². The Hall–Kier alpha value is -3.32. The molecule has 2 spiro atoms. The van der Waals surface area contributed by atoms with Gasteiger partial charge in [-0.2, -0.15) is 0 Å². The van der Waals surface area contributed by atoms with Gasteiger partial charge in [-0.3, -0.25) is 9.59 Å². The highest BCUT2D eigenvalue weighted by Gasteiger charge is 2.53. The molecular formula is C25H25N3O4. The lowest BCUT2D eigenvalue weighted by atomic mass is 9.84. The van der Waals surface area contributed by atoms with E-state index < -0.39 is 5.66 Å². The van der Waals surface area contributed by atoms with Crippen molar-refractivity contribution in [2.24, 2.45) is 0 Å². The first-order valence-corrected chi connectivity index (χ1v) is 11.1. The van der Waals surface area contributed by atoms with Crippen molar-refractivity contribution in [1.82, 2.24) is 10.2 Å². The number of piperidine rings is 1. The molecule has 0 unspecified atom stereocenters. The van der Waals surface area contributed by atoms with Crippen LogP contribution in [0.3, 0.4) is 0 Å². The number of nitrogens with one attached hydrogen (secondary N) is 2. The summed E-state index contributed by atoms with van der Waals surface area (Å²) >= 11 is 0. The number of nitrogens with zero attached hydrogens (tertiary/aromatic N) is 1. The normalized spacial score (nSPS) is 23.9. The van der Waals surface area contributed by atoms with Crippen LogP contribution in [0, 0.1) is 6.92 Å². The molecule has 3 aromatic rings. The van der Waals surface area contributed by atoms with Gasteiger partial charge in [0.2, 0.25) is 0 Å². The van der Waals surface area contributed by atoms with Gasteiger partial charge in [-0.25, -0.2) is 0 Å². The van der Waals surface area contributed by atoms with Crippen molar-refractivity contribution in [3.63, 3.8) is 0 Å². The molecule has 7 heteroatoms. The van der Waals surface area contributed by atoms with Crippen molar-refractivity contribution in [3.05, 3.63) is 65.4 Å². The number of benzene rings is 2. The van der Waals surface area contributed by atoms with E-state index in [1.807, 2.05) is 60.4 Å². The average molecular weight is 431 g/mol. The maximum atomic E-state index is 13.2. The minimum Gasteiger partial charge on any atom is -0.451 e. The monoisotopic (exact) mass is 431 g/mol. The van der Waals surface area contributed by atoms with Gasteiger partial charge in [0.25, 0.3) is 11.8 Å². The van der Waals surface area contributed by atoms with Crippen molar-refractivity contribution >= 4 is 28.5 Å². The Morgan fingerprint density at radius 2 is 1.78 bits per heavy atom. The highest BCUT2D eigenvalue weighted by Crippen LogP contribution is 2.43. The largest absolute Gasteiger partial charge is 0.451 e. The topological polar surface area (TPSA) is 83.8 Å². The molecule has 7 nitrogen and oxygen atoms in total. The van der Waals surface area contributed by atoms with Crippen LogP contribution in [0.5, 0.6) is 0 Å². The summed E-state index contributed by atoms with van der Waals surface area (Å²) in [5, 5.41) is 7.61. The quantitative estimate of drug-likeness (QED) is 0.614. The summed E-state index contributed by atoms with van der Waals surface area (Å²) < 4.78 is 12.2. The van der Waals surface area contributed by atoms with Crippen LogP contribution in [0.4, 0.5) is 5.69 Å². The van der Waals surface area contributed by atoms with Crippen LogP contribution < -0.4 is 10.6 Å². The van der Waals surface area contributed by atoms with Gasteiger partial charge in [0.15, 0.2) is 5.76 Å². The number of anilines is 1. The third kappa shape index (κ3) is 2.92. The number of fused-ring (bicyclic) bond motifs is 2. The third-order valence-corrected chi connectivity index (χ3v) is 7.15. The molecule has 3 aliphatic heterocycles. The van der Waals surface area contributed by atoms with Crippen LogP contribution in [0.15, 0.2) is 52.9 Å². The molecule has 32 heavy (non-hydrogen) atoms. The summed E-state index contributed by atoms with van der Waals surface area (Å²) in [6.45, 7) is 3.53. The number of hydrogen-bond donors (Lipinski definition) is 2. The zero-order chi connectivity index (χ0) is 21.9. The molecule has 1 atom stereocenters. The molecule has 1 aromatic heterocycles. The summed E-state index contributed by atoms with van der Waals surface area (Å²) in [4.78, 5) is 27.7. The zero-order valence-corrected chi connectivity index (χ0v) is 17.9. The second-order valence-electron chi connectivity index (χ2n) is 9.20. The Balaban J connectivity index is 1.17. The highest BCUT2D eigenvalue weighted by atomic mass is 16.5. The number of amides is 2. The first-order chi connectivity index (χ1) is 15.5. The summed E-state index contributed by atoms with van der Waals surface area (Å²) in [6.07, 6.45) is 2.11. The van der Waals surface area contributed by atoms with Crippen LogP contribution in [0.1, 0.15) is 45.7 Å². The summed E-state index contributed by atoms with van der Waals surface area (Å²) in [5.41, 5.74) is 2.15. The van der Waals surface area contributed by atoms with E-state index in [1.54, 1.807) is 0 Å². The predicted molar refractivity (Wildman–Crippen MR) is 120 cm³/mol. The van der Waals surface area contributed by atoms with E-state index >= 15 is 0 Å². The molecule has 164 valence electrons. The lowest BCUT2D eigenvalue weighted by Gasteiger charge is -2.40. The number of hydrogen-bond acceptors (Lipinski definition) is 5. The van der Waals surface area contributed by atoms with Crippen LogP contribution in [0.25, 0.3) is 11.0 Å². The molecule has 0 aliphatic carbocycles. The van der Waals surface area contributed by atoms with Crippen molar-refractivity contribution in [2.45, 2.75) is 37.5 Å². The van der Waals surface area contributed by atoms with Gasteiger partial charge in [0, 0.05) is 36.1 Å². The van der Waals surface area contributed by atoms with Crippen molar-refractivity contribution in [2.75, 3.05) is 25.0 Å². The minimum absolute atomic E-state index is 0.0701. The molecule has 2 fully saturated rings. The van der Waals surface area contributed by atoms with Crippen LogP contribution in [-0.2, 0) is 4.74 Å². The van der Waals surface area contributed by atoms with Crippen molar-refractivity contribution in [3.8, 4) is 0 Å². The second kappa shape index (κ2) is 6.84. The number of para-hydroxylation sites is 2. The Bertz CT molecular complexity index is 1240. The fourth-order valence-corrected chi connectivity index (χ4v) is 5.41. The number of carbonyl (C=O) groups is 2. The van der Waals surface area contributed by atoms with Crippen LogP contribution >= 0.6 is 0 Å². The van der Waals surface area contributed by atoms with Crippen molar-refractivity contribution < 1.29 is 18.7 Å². The molecule has 2 saturated heterocycles. The van der Waals surface area contributed by atoms with E-state index in [9.17, 15) is 9.59 Å². The fourth-order valence-electron chi connectivity index (χ4n) is 5.41. The van der Waals surface area contributed by atoms with Gasteiger partial charge in [-0.15, -0.1) is 0 Å². The molecule has 0 radical (unpaired) electrons. The lowest BCUT2D eigenvalue weighted by molar-refractivity contribution is -0.0397. The number of furan rings is 1. The average Bonchev–Trinajstić information content (AvgIpc) is 3.32. The number of aryl methyl sites for hydroxylation is 1. The molecule has 2 N–H and O–H groups in total. The second-order valence-corrected chi connectivity index (χ2v) is 9.20. The summed E-state index contributed by atoms with van der Waals surface area (Å²) in [7, 11) is 0. The van der Waals surface area contributed by atoms with Crippen LogP contribution in [0.2, 0.25) is 0 Å². The van der Waals surface area contributed by atoms with E-state index in [-0.39, 0.29) is 17.4 Å². The fraction of sp³-hybridized carbons (Fsp3) is 0.360. The van der Waals surface area contributed by atoms with Gasteiger partial charge in [-0.1, -0.05) is 30.3 Å². The van der Waals surface area contributed by atoms with E-state index in [0.29, 0.717) is 37.4 Å². The van der Waals surface area contributed by atoms with E-state index in [2.05, 4.69) is 10.6 Å². The number of rotatable bonds is 1. The SMILES string of the molecule is Cc1c(C(=O)N2CCC3(CC2)C[C@@]2(CO3)NC(=O)c3ccccc3N2)oc2ccccc12. The zero-order valence-electron chi connectivity index (χ0n) is 17.9. The number of carbonyl (C=O) groups excluding carboxylic acids is 2. The first kappa shape index (κ1) is 19.4. The molecule has 4 heterocycles. The molecular weight excluding hydrogens is 406 g/mol. The van der Waals surface area contributed by atoms with Gasteiger partial charge in [0.1, 0.15) is 11.2 Å². The molecule has 6 rings (SSSR count). The molecule has 3 aliphatic rings. The van der Waals surface area contributed by atoms with E-state index in [0.717, 1.165) is 35.1 Å².